The Morgan fingerprint density at radius 2 is 1.79 bits per heavy atom. The zero-order valence-electron chi connectivity index (χ0n) is 11.8. The number of carbonyl (C=O) groups is 1. The van der Waals surface area contributed by atoms with E-state index in [1.807, 2.05) is 6.07 Å². The van der Waals surface area contributed by atoms with Gasteiger partial charge in [-0.3, -0.25) is 0 Å². The minimum absolute atomic E-state index is 0.127. The molecule has 1 fully saturated rings. The van der Waals surface area contributed by atoms with Crippen molar-refractivity contribution in [2.75, 3.05) is 19.3 Å². The highest BCUT2D eigenvalue weighted by atomic mass is 32.2. The Morgan fingerprint density at radius 3 is 2.11 bits per heavy atom. The average Bonchev–Trinajstić information content (AvgIpc) is 2.25. The number of amides is 1. The summed E-state index contributed by atoms with van der Waals surface area (Å²) < 4.78 is 27.2. The number of ether oxygens (including phenoxy) is 1. The third-order valence-electron chi connectivity index (χ3n) is 3.14. The molecule has 0 aliphatic carbocycles. The second-order valence-corrected chi connectivity index (χ2v) is 8.17. The minimum Gasteiger partial charge on any atom is -0.444 e. The van der Waals surface area contributed by atoms with Crippen LogP contribution in [0.5, 0.6) is 0 Å². The van der Waals surface area contributed by atoms with Gasteiger partial charge in [0.1, 0.15) is 5.60 Å². The lowest BCUT2D eigenvalue weighted by Crippen LogP contribution is -2.50. The van der Waals surface area contributed by atoms with Crippen LogP contribution in [0.4, 0.5) is 4.79 Å². The number of hydrogen-bond acceptors (Lipinski definition) is 5. The lowest BCUT2D eigenvalue weighted by atomic mass is 9.97. The van der Waals surface area contributed by atoms with Crippen LogP contribution in [0.25, 0.3) is 0 Å². The van der Waals surface area contributed by atoms with Crippen LogP contribution in [0.3, 0.4) is 0 Å². The molecule has 7 heteroatoms. The number of sulfone groups is 1. The van der Waals surface area contributed by atoms with Crippen molar-refractivity contribution in [3.05, 3.63) is 0 Å². The molecule has 1 aliphatic rings. The monoisotopic (exact) mass is 288 g/mol. The topological polar surface area (TPSA) is 87.5 Å². The van der Waals surface area contributed by atoms with Gasteiger partial charge >= 0.3 is 6.09 Å². The van der Waals surface area contributed by atoms with Crippen LogP contribution in [0, 0.1) is 11.3 Å². The highest BCUT2D eigenvalue weighted by molar-refractivity contribution is 7.92. The predicted molar refractivity (Wildman–Crippen MR) is 70.2 cm³/mol. The van der Waals surface area contributed by atoms with Crippen LogP contribution in [0.2, 0.25) is 0 Å². The van der Waals surface area contributed by atoms with Gasteiger partial charge in [-0.05, 0) is 33.6 Å². The number of carbonyl (C=O) groups excluding carboxylic acids is 1. The molecule has 19 heavy (non-hydrogen) atoms. The first-order valence-corrected chi connectivity index (χ1v) is 7.99. The SMILES string of the molecule is CC(C)(C)OC(=O)N1CCC(C#N)(S(C)(=O)=O)CC1. The second kappa shape index (κ2) is 5.00. The molecule has 1 rings (SSSR count). The van der Waals surface area contributed by atoms with Crippen molar-refractivity contribution in [3.63, 3.8) is 0 Å². The first kappa shape index (κ1) is 15.8. The van der Waals surface area contributed by atoms with Crippen LogP contribution in [-0.2, 0) is 14.6 Å². The van der Waals surface area contributed by atoms with Crippen LogP contribution >= 0.6 is 0 Å². The number of piperidine rings is 1. The van der Waals surface area contributed by atoms with Gasteiger partial charge in [-0.25, -0.2) is 13.2 Å². The molecule has 0 atom stereocenters. The third kappa shape index (κ3) is 3.60. The van der Waals surface area contributed by atoms with E-state index in [1.54, 1.807) is 20.8 Å². The van der Waals surface area contributed by atoms with Crippen molar-refractivity contribution in [1.82, 2.24) is 4.90 Å². The van der Waals surface area contributed by atoms with Gasteiger partial charge in [-0.1, -0.05) is 0 Å². The van der Waals surface area contributed by atoms with E-state index in [0.29, 0.717) is 0 Å². The lowest BCUT2D eigenvalue weighted by molar-refractivity contribution is 0.0206. The molecule has 0 unspecified atom stereocenters. The Kier molecular flexibility index (Phi) is 4.15. The number of likely N-dealkylation sites (tertiary alicyclic amines) is 1. The van der Waals surface area contributed by atoms with Gasteiger partial charge in [0.2, 0.25) is 0 Å². The van der Waals surface area contributed by atoms with E-state index in [2.05, 4.69) is 0 Å². The maximum atomic E-state index is 11.8. The Labute approximate surface area is 114 Å². The fourth-order valence-electron chi connectivity index (χ4n) is 1.94. The predicted octanol–water partition coefficient (Wildman–Crippen LogP) is 1.32. The zero-order valence-corrected chi connectivity index (χ0v) is 12.6. The van der Waals surface area contributed by atoms with Crippen molar-refractivity contribution in [3.8, 4) is 6.07 Å². The van der Waals surface area contributed by atoms with Crippen molar-refractivity contribution >= 4 is 15.9 Å². The van der Waals surface area contributed by atoms with Crippen LogP contribution in [0.15, 0.2) is 0 Å². The molecule has 108 valence electrons. The molecule has 0 N–H and O–H groups in total. The fourth-order valence-corrected chi connectivity index (χ4v) is 3.03. The van der Waals surface area contributed by atoms with Crippen molar-refractivity contribution in [1.29, 1.82) is 5.26 Å². The molecule has 1 amide bonds. The highest BCUT2D eigenvalue weighted by Gasteiger charge is 2.45. The molecule has 0 bridgehead atoms. The minimum atomic E-state index is -3.46. The van der Waals surface area contributed by atoms with Crippen molar-refractivity contribution in [2.24, 2.45) is 0 Å². The van der Waals surface area contributed by atoms with Gasteiger partial charge in [0.25, 0.3) is 0 Å². The second-order valence-electron chi connectivity index (χ2n) is 5.85. The molecule has 6 nitrogen and oxygen atoms in total. The van der Waals surface area contributed by atoms with Crippen LogP contribution in [-0.4, -0.2) is 49.1 Å². The van der Waals surface area contributed by atoms with E-state index in [4.69, 9.17) is 10.00 Å². The molecule has 0 radical (unpaired) electrons. The van der Waals surface area contributed by atoms with Gasteiger partial charge in [-0.2, -0.15) is 5.26 Å². The molecule has 0 aromatic carbocycles. The van der Waals surface area contributed by atoms with Gasteiger partial charge in [0, 0.05) is 19.3 Å². The average molecular weight is 288 g/mol. The van der Waals surface area contributed by atoms with Crippen molar-refractivity contribution < 1.29 is 17.9 Å². The summed E-state index contributed by atoms with van der Waals surface area (Å²) >= 11 is 0. The van der Waals surface area contributed by atoms with E-state index < -0.39 is 26.3 Å². The summed E-state index contributed by atoms with van der Waals surface area (Å²) in [6.45, 7) is 5.74. The molecule has 0 aromatic heterocycles. The number of nitrogens with zero attached hydrogens (tertiary/aromatic N) is 2. The van der Waals surface area contributed by atoms with E-state index >= 15 is 0 Å². The van der Waals surface area contributed by atoms with E-state index in [1.165, 1.54) is 4.90 Å². The van der Waals surface area contributed by atoms with E-state index in [9.17, 15) is 13.2 Å². The Morgan fingerprint density at radius 1 is 1.32 bits per heavy atom. The molecule has 1 heterocycles. The molecular formula is C12H20N2O4S. The summed E-state index contributed by atoms with van der Waals surface area (Å²) in [5.41, 5.74) is -0.586. The summed E-state index contributed by atoms with van der Waals surface area (Å²) in [5.74, 6) is 0. The number of rotatable bonds is 1. The normalized spacial score (nSPS) is 19.6. The van der Waals surface area contributed by atoms with Gasteiger partial charge < -0.3 is 9.64 Å². The van der Waals surface area contributed by atoms with Gasteiger partial charge in [0.15, 0.2) is 14.6 Å². The smallest absolute Gasteiger partial charge is 0.410 e. The standard InChI is InChI=1S/C12H20N2O4S/c1-11(2,3)18-10(15)14-7-5-12(9-13,6-8-14)19(4,16)17/h5-8H2,1-4H3. The van der Waals surface area contributed by atoms with E-state index in [0.717, 1.165) is 6.26 Å². The summed E-state index contributed by atoms with van der Waals surface area (Å²) in [4.78, 5) is 13.3. The Bertz CT molecular complexity index is 491. The van der Waals surface area contributed by atoms with Gasteiger partial charge in [-0.15, -0.1) is 0 Å². The molecule has 1 saturated heterocycles. The van der Waals surface area contributed by atoms with Crippen LogP contribution < -0.4 is 0 Å². The van der Waals surface area contributed by atoms with Gasteiger partial charge in [0.05, 0.1) is 6.07 Å². The molecular weight excluding hydrogens is 268 g/mol. The maximum Gasteiger partial charge on any atom is 0.410 e. The number of hydrogen-bond donors (Lipinski definition) is 0. The quantitative estimate of drug-likeness (QED) is 0.726. The Hall–Kier alpha value is -1.29. The fraction of sp³-hybridized carbons (Fsp3) is 0.833. The van der Waals surface area contributed by atoms with Crippen molar-refractivity contribution in [2.45, 2.75) is 44.0 Å². The van der Waals surface area contributed by atoms with E-state index in [-0.39, 0.29) is 25.9 Å². The molecule has 1 aliphatic heterocycles. The summed E-state index contributed by atoms with van der Waals surface area (Å²) in [6.07, 6.45) is 0.857. The lowest BCUT2D eigenvalue weighted by Gasteiger charge is -2.36. The largest absolute Gasteiger partial charge is 0.444 e. The summed E-state index contributed by atoms with van der Waals surface area (Å²) in [5, 5.41) is 9.12. The molecule has 0 aromatic rings. The molecule has 0 saturated carbocycles. The summed E-state index contributed by atoms with van der Waals surface area (Å²) in [6, 6.07) is 1.90. The highest BCUT2D eigenvalue weighted by Crippen LogP contribution is 2.30. The Balaban J connectivity index is 2.73. The van der Waals surface area contributed by atoms with Crippen LogP contribution in [0.1, 0.15) is 33.6 Å². The maximum absolute atomic E-state index is 11.8. The first-order valence-electron chi connectivity index (χ1n) is 6.09. The number of nitriles is 1. The third-order valence-corrected chi connectivity index (χ3v) is 5.06. The molecule has 0 spiro atoms. The zero-order chi connectivity index (χ0) is 14.9. The summed E-state index contributed by atoms with van der Waals surface area (Å²) in [7, 11) is -3.46. The first-order chi connectivity index (χ1) is 8.51.